The molecule has 2 amide bonds. The Morgan fingerprint density at radius 1 is 0.775 bits per heavy atom. The molecule has 4 aromatic rings. The lowest BCUT2D eigenvalue weighted by Crippen LogP contribution is -2.49. The first kappa shape index (κ1) is 28.0. The number of carbonyl (C=O) groups excluding carboxylic acids is 3. The number of carbonyl (C=O) groups is 4. The highest BCUT2D eigenvalue weighted by atomic mass is 16.4. The fourth-order valence-corrected chi connectivity index (χ4v) is 4.62. The van der Waals surface area contributed by atoms with Crippen LogP contribution in [0.15, 0.2) is 103 Å². The maximum atomic E-state index is 13.7. The van der Waals surface area contributed by atoms with Crippen LogP contribution in [-0.2, 0) is 16.0 Å². The molecule has 1 atom stereocenters. The third-order valence-corrected chi connectivity index (χ3v) is 6.78. The number of nitrogens with two attached hydrogens (primary N) is 1. The minimum atomic E-state index is -1.07. The number of rotatable bonds is 12. The zero-order chi connectivity index (χ0) is 28.5. The molecule has 0 saturated heterocycles. The first-order valence-electron chi connectivity index (χ1n) is 13.0. The molecule has 0 saturated carbocycles. The molecule has 7 heteroatoms. The number of nitrogens with zero attached hydrogens (tertiary/aromatic N) is 1. The van der Waals surface area contributed by atoms with Crippen molar-refractivity contribution < 1.29 is 24.3 Å². The van der Waals surface area contributed by atoms with Gasteiger partial charge in [0.15, 0.2) is 0 Å². The molecule has 0 aliphatic heterocycles. The van der Waals surface area contributed by atoms with Crippen molar-refractivity contribution in [1.82, 2.24) is 4.90 Å². The average Bonchev–Trinajstić information content (AvgIpc) is 2.99. The summed E-state index contributed by atoms with van der Waals surface area (Å²) in [5.41, 5.74) is 11.4. The molecule has 0 aliphatic rings. The molecule has 3 N–H and O–H groups in total. The molecule has 0 spiro atoms. The molecule has 0 heterocycles. The average molecular weight is 535 g/mol. The number of primary amides is 1. The normalized spacial score (nSPS) is 11.4. The number of amides is 2. The Hall–Kier alpha value is -5.04. The van der Waals surface area contributed by atoms with E-state index in [-0.39, 0.29) is 19.4 Å². The topological polar surface area (TPSA) is 118 Å². The molecule has 4 rings (SSSR count). The molecular formula is C33H30N2O5. The lowest BCUT2D eigenvalue weighted by Gasteiger charge is -2.30. The van der Waals surface area contributed by atoms with Gasteiger partial charge in [-0.25, -0.2) is 0 Å². The fraction of sp³-hybridized carbons (Fsp3) is 0.152. The minimum absolute atomic E-state index is 0.0817. The number of benzene rings is 4. The predicted molar refractivity (Wildman–Crippen MR) is 154 cm³/mol. The summed E-state index contributed by atoms with van der Waals surface area (Å²) >= 11 is 0. The second kappa shape index (κ2) is 13.2. The van der Waals surface area contributed by atoms with Crippen molar-refractivity contribution in [2.75, 3.05) is 6.54 Å². The van der Waals surface area contributed by atoms with Crippen molar-refractivity contribution in [2.24, 2.45) is 5.73 Å². The Kier molecular flexibility index (Phi) is 9.20. The number of hydrogen-bond acceptors (Lipinski definition) is 4. The second-order valence-electron chi connectivity index (χ2n) is 9.48. The predicted octanol–water partition coefficient (Wildman–Crippen LogP) is 5.24. The maximum Gasteiger partial charge on any atom is 0.303 e. The van der Waals surface area contributed by atoms with E-state index in [2.05, 4.69) is 0 Å². The first-order valence-corrected chi connectivity index (χ1v) is 13.0. The van der Waals surface area contributed by atoms with Crippen LogP contribution in [0.2, 0.25) is 0 Å². The highest BCUT2D eigenvalue weighted by Crippen LogP contribution is 2.23. The molecule has 0 radical (unpaired) electrons. The van der Waals surface area contributed by atoms with Gasteiger partial charge in [-0.2, -0.15) is 0 Å². The number of hydrogen-bond donors (Lipinski definition) is 2. The molecule has 7 nitrogen and oxygen atoms in total. The standard InChI is InChI=1S/C33H30N2O5/c34-32(39)30(17-18-31(37)38)35(33(40)28-15-13-26(14-16-28)25-6-2-1-3-7-25)20-19-23-5-4-8-29(21-23)27-11-9-24(22-36)10-12-27/h1-16,21-22,30H,17-20H2,(H2,34,39)(H,37,38)/t30-/m0/s1. The van der Waals surface area contributed by atoms with Gasteiger partial charge in [-0.3, -0.25) is 19.2 Å². The highest BCUT2D eigenvalue weighted by molar-refractivity contribution is 5.98. The summed E-state index contributed by atoms with van der Waals surface area (Å²) in [6.45, 7) is 0.167. The molecular weight excluding hydrogens is 504 g/mol. The summed E-state index contributed by atoms with van der Waals surface area (Å²) in [7, 11) is 0. The van der Waals surface area contributed by atoms with Crippen LogP contribution < -0.4 is 5.73 Å². The summed E-state index contributed by atoms with van der Waals surface area (Å²) in [6, 6.07) is 30.8. The summed E-state index contributed by atoms with van der Waals surface area (Å²) in [4.78, 5) is 49.8. The third kappa shape index (κ3) is 7.08. The number of aldehydes is 1. The number of carboxylic acids is 1. The second-order valence-corrected chi connectivity index (χ2v) is 9.48. The van der Waals surface area contributed by atoms with Crippen LogP contribution in [0.4, 0.5) is 0 Å². The Balaban J connectivity index is 1.58. The zero-order valence-corrected chi connectivity index (χ0v) is 21.9. The van der Waals surface area contributed by atoms with Crippen LogP contribution in [0.25, 0.3) is 22.3 Å². The summed E-state index contributed by atoms with van der Waals surface area (Å²) < 4.78 is 0. The number of aliphatic carboxylic acids is 1. The van der Waals surface area contributed by atoms with Gasteiger partial charge in [-0.15, -0.1) is 0 Å². The highest BCUT2D eigenvalue weighted by Gasteiger charge is 2.29. The largest absolute Gasteiger partial charge is 0.481 e. The van der Waals surface area contributed by atoms with Crippen molar-refractivity contribution in [2.45, 2.75) is 25.3 Å². The summed E-state index contributed by atoms with van der Waals surface area (Å²) in [6.07, 6.45) is 0.837. The van der Waals surface area contributed by atoms with Gasteiger partial charge in [0.2, 0.25) is 5.91 Å². The Morgan fingerprint density at radius 3 is 2.00 bits per heavy atom. The monoisotopic (exact) mass is 534 g/mol. The smallest absolute Gasteiger partial charge is 0.303 e. The van der Waals surface area contributed by atoms with Crippen LogP contribution in [-0.4, -0.2) is 46.7 Å². The molecule has 0 bridgehead atoms. The van der Waals surface area contributed by atoms with Crippen molar-refractivity contribution in [3.8, 4) is 22.3 Å². The van der Waals surface area contributed by atoms with Gasteiger partial charge >= 0.3 is 5.97 Å². The van der Waals surface area contributed by atoms with Crippen LogP contribution in [0.1, 0.15) is 39.1 Å². The summed E-state index contributed by atoms with van der Waals surface area (Å²) in [5.74, 6) is -2.21. The maximum absolute atomic E-state index is 13.7. The van der Waals surface area contributed by atoms with E-state index in [0.29, 0.717) is 17.5 Å². The number of carboxylic acid groups (broad SMARTS) is 1. The molecule has 0 unspecified atom stereocenters. The van der Waals surface area contributed by atoms with Gasteiger partial charge in [0, 0.05) is 24.1 Å². The van der Waals surface area contributed by atoms with Crippen molar-refractivity contribution in [1.29, 1.82) is 0 Å². The quantitative estimate of drug-likeness (QED) is 0.241. The molecule has 0 aromatic heterocycles. The van der Waals surface area contributed by atoms with Gasteiger partial charge in [0.05, 0.1) is 0 Å². The van der Waals surface area contributed by atoms with Gasteiger partial charge in [0.1, 0.15) is 12.3 Å². The van der Waals surface area contributed by atoms with E-state index in [1.807, 2.05) is 78.9 Å². The van der Waals surface area contributed by atoms with Crippen molar-refractivity contribution >= 4 is 24.1 Å². The van der Waals surface area contributed by atoms with E-state index in [0.717, 1.165) is 34.1 Å². The van der Waals surface area contributed by atoms with Crippen molar-refractivity contribution in [3.05, 3.63) is 120 Å². The zero-order valence-electron chi connectivity index (χ0n) is 21.9. The van der Waals surface area contributed by atoms with E-state index in [9.17, 15) is 24.3 Å². The van der Waals surface area contributed by atoms with Crippen LogP contribution in [0.5, 0.6) is 0 Å². The Morgan fingerprint density at radius 2 is 1.38 bits per heavy atom. The van der Waals surface area contributed by atoms with E-state index in [1.54, 1.807) is 24.3 Å². The molecule has 40 heavy (non-hydrogen) atoms. The SMILES string of the molecule is NC(=O)[C@H](CCC(=O)O)N(CCc1cccc(-c2ccc(C=O)cc2)c1)C(=O)c1ccc(-c2ccccc2)cc1. The van der Waals surface area contributed by atoms with Crippen LogP contribution >= 0.6 is 0 Å². The van der Waals surface area contributed by atoms with Gasteiger partial charge < -0.3 is 15.7 Å². The lowest BCUT2D eigenvalue weighted by atomic mass is 9.99. The van der Waals surface area contributed by atoms with Crippen molar-refractivity contribution in [3.63, 3.8) is 0 Å². The molecule has 0 fully saturated rings. The minimum Gasteiger partial charge on any atom is -0.481 e. The van der Waals surface area contributed by atoms with Crippen LogP contribution in [0.3, 0.4) is 0 Å². The molecule has 4 aromatic carbocycles. The van der Waals surface area contributed by atoms with E-state index in [4.69, 9.17) is 5.73 Å². The Labute approximate surface area is 232 Å². The van der Waals surface area contributed by atoms with Gasteiger partial charge in [-0.1, -0.05) is 91.0 Å². The van der Waals surface area contributed by atoms with Gasteiger partial charge in [-0.05, 0) is 52.8 Å². The van der Waals surface area contributed by atoms with Gasteiger partial charge in [0.25, 0.3) is 5.91 Å². The fourth-order valence-electron chi connectivity index (χ4n) is 4.62. The van der Waals surface area contributed by atoms with Crippen LogP contribution in [0, 0.1) is 0 Å². The first-order chi connectivity index (χ1) is 19.4. The van der Waals surface area contributed by atoms with E-state index < -0.39 is 23.8 Å². The van der Waals surface area contributed by atoms with E-state index in [1.165, 1.54) is 4.90 Å². The molecule has 202 valence electrons. The van der Waals surface area contributed by atoms with E-state index >= 15 is 0 Å². The lowest BCUT2D eigenvalue weighted by molar-refractivity contribution is -0.137. The summed E-state index contributed by atoms with van der Waals surface area (Å²) in [5, 5.41) is 9.23. The third-order valence-electron chi connectivity index (χ3n) is 6.78. The molecule has 0 aliphatic carbocycles. The Bertz CT molecular complexity index is 1480.